The van der Waals surface area contributed by atoms with Crippen LogP contribution in [0.4, 0.5) is 0 Å². The number of rotatable bonds is 18. The molecule has 0 saturated carbocycles. The summed E-state index contributed by atoms with van der Waals surface area (Å²) in [5.41, 5.74) is 1.21. The van der Waals surface area contributed by atoms with Crippen LogP contribution in [-0.2, 0) is 0 Å². The summed E-state index contributed by atoms with van der Waals surface area (Å²) in [6.07, 6.45) is 0. The lowest BCUT2D eigenvalue weighted by Crippen LogP contribution is -2.09. The van der Waals surface area contributed by atoms with Gasteiger partial charge >= 0.3 is 0 Å². The molecule has 0 radical (unpaired) electrons. The molecule has 0 aliphatic heterocycles. The standard InChI is InChI=1S/C21H30O3S9/c22-19(31-12-9-28-6-3-25)16-1-2-17(20(23)32-13-10-29-7-4-26)18(15-16)21(24)33-14-11-30-8-5-27/h1-2,15,25-27H,3-14H2. The average Bonchev–Trinajstić information content (AvgIpc) is 2.82. The first-order valence-electron chi connectivity index (χ1n) is 10.3. The number of hydrogen-bond donors (Lipinski definition) is 3. The Morgan fingerprint density at radius 3 is 1.42 bits per heavy atom. The molecule has 0 aliphatic rings. The zero-order valence-corrected chi connectivity index (χ0v) is 25.8. The van der Waals surface area contributed by atoms with Crippen LogP contribution in [0.5, 0.6) is 0 Å². The quantitative estimate of drug-likeness (QED) is 0.130. The van der Waals surface area contributed by atoms with E-state index in [2.05, 4.69) is 37.9 Å². The zero-order chi connectivity index (χ0) is 24.3. The highest BCUT2D eigenvalue weighted by Gasteiger charge is 2.20. The van der Waals surface area contributed by atoms with Gasteiger partial charge in [-0.15, -0.1) is 0 Å². The lowest BCUT2D eigenvalue weighted by Gasteiger charge is -2.10. The van der Waals surface area contributed by atoms with Gasteiger partial charge in [0.05, 0.1) is 0 Å². The number of thiol groups is 3. The molecule has 0 amide bonds. The van der Waals surface area contributed by atoms with Crippen LogP contribution in [0.1, 0.15) is 31.1 Å². The molecule has 0 unspecified atom stereocenters. The number of carbonyl (C=O) groups excluding carboxylic acids is 3. The molecule has 33 heavy (non-hydrogen) atoms. The highest BCUT2D eigenvalue weighted by atomic mass is 32.2. The second-order valence-electron chi connectivity index (χ2n) is 6.18. The summed E-state index contributed by atoms with van der Waals surface area (Å²) in [6, 6.07) is 4.92. The lowest BCUT2D eigenvalue weighted by atomic mass is 10.1. The minimum Gasteiger partial charge on any atom is -0.282 e. The Labute approximate surface area is 240 Å². The summed E-state index contributed by atoms with van der Waals surface area (Å²) in [5.74, 6) is 9.91. The Morgan fingerprint density at radius 2 is 0.970 bits per heavy atom. The fourth-order valence-electron chi connectivity index (χ4n) is 2.34. The molecule has 0 aliphatic carbocycles. The Hall–Kier alpha value is 1.38. The summed E-state index contributed by atoms with van der Waals surface area (Å²) >= 11 is 21.5. The minimum absolute atomic E-state index is 0.0698. The van der Waals surface area contributed by atoms with Gasteiger partial charge in [0, 0.05) is 68.5 Å². The molecule has 1 rings (SSSR count). The summed E-state index contributed by atoms with van der Waals surface area (Å²) in [5, 5.41) is -0.344. The lowest BCUT2D eigenvalue weighted by molar-refractivity contribution is 0.105. The van der Waals surface area contributed by atoms with E-state index in [0.29, 0.717) is 33.9 Å². The molecule has 0 atom stereocenters. The fraction of sp³-hybridized carbons (Fsp3) is 0.571. The van der Waals surface area contributed by atoms with Crippen molar-refractivity contribution in [2.75, 3.05) is 69.0 Å². The van der Waals surface area contributed by atoms with E-state index in [1.54, 1.807) is 53.5 Å². The first-order valence-corrected chi connectivity index (χ1v) is 18.6. The number of hydrogen-bond acceptors (Lipinski definition) is 12. The Kier molecular flexibility index (Phi) is 21.1. The van der Waals surface area contributed by atoms with Crippen LogP contribution in [-0.4, -0.2) is 84.4 Å². The highest BCUT2D eigenvalue weighted by Crippen LogP contribution is 2.26. The largest absolute Gasteiger partial charge is 0.282 e. The van der Waals surface area contributed by atoms with Crippen LogP contribution < -0.4 is 0 Å². The van der Waals surface area contributed by atoms with Gasteiger partial charge in [-0.25, -0.2) is 0 Å². The maximum Gasteiger partial charge on any atom is 0.220 e. The predicted molar refractivity (Wildman–Crippen MR) is 170 cm³/mol. The molecular weight excluding hydrogens is 589 g/mol. The first-order chi connectivity index (χ1) is 16.0. The molecule has 0 aromatic heterocycles. The van der Waals surface area contributed by atoms with Crippen molar-refractivity contribution < 1.29 is 14.4 Å². The average molecular weight is 619 g/mol. The molecule has 1 aromatic rings. The van der Waals surface area contributed by atoms with E-state index in [1.807, 2.05) is 0 Å². The van der Waals surface area contributed by atoms with E-state index >= 15 is 0 Å². The van der Waals surface area contributed by atoms with Gasteiger partial charge in [-0.05, 0) is 35.5 Å². The van der Waals surface area contributed by atoms with Gasteiger partial charge in [0.25, 0.3) is 0 Å². The SMILES string of the molecule is O=C(SCCSCCS)c1ccc(C(=O)SCCSCCS)c(C(=O)SCCSCCS)c1. The molecule has 3 nitrogen and oxygen atoms in total. The summed E-state index contributed by atoms with van der Waals surface area (Å²) in [4.78, 5) is 38.4. The van der Waals surface area contributed by atoms with Crippen molar-refractivity contribution in [3.63, 3.8) is 0 Å². The molecular formula is C21H30O3S9. The Balaban J connectivity index is 2.85. The maximum atomic E-state index is 13.0. The maximum absolute atomic E-state index is 13.0. The molecule has 0 spiro atoms. The van der Waals surface area contributed by atoms with Gasteiger partial charge < -0.3 is 0 Å². The highest BCUT2D eigenvalue weighted by molar-refractivity contribution is 8.16. The van der Waals surface area contributed by atoms with Gasteiger partial charge in [0.2, 0.25) is 15.3 Å². The van der Waals surface area contributed by atoms with Crippen LogP contribution in [0.2, 0.25) is 0 Å². The first kappa shape index (κ1) is 32.4. The van der Waals surface area contributed by atoms with E-state index in [-0.39, 0.29) is 15.3 Å². The van der Waals surface area contributed by atoms with Gasteiger partial charge in [0.1, 0.15) is 0 Å². The summed E-state index contributed by atoms with van der Waals surface area (Å²) < 4.78 is 0. The van der Waals surface area contributed by atoms with Gasteiger partial charge in [0.15, 0.2) is 0 Å². The van der Waals surface area contributed by atoms with E-state index < -0.39 is 0 Å². The Bertz CT molecular complexity index is 731. The molecule has 186 valence electrons. The third kappa shape index (κ3) is 14.6. The van der Waals surface area contributed by atoms with Gasteiger partial charge in [-0.3, -0.25) is 14.4 Å². The molecule has 0 bridgehead atoms. The number of thioether (sulfide) groups is 6. The van der Waals surface area contributed by atoms with Crippen LogP contribution in [0.15, 0.2) is 18.2 Å². The van der Waals surface area contributed by atoms with Crippen LogP contribution in [0, 0.1) is 0 Å². The second-order valence-corrected chi connectivity index (χ2v) is 14.4. The monoisotopic (exact) mass is 618 g/mol. The van der Waals surface area contributed by atoms with Crippen molar-refractivity contribution >= 4 is 124 Å². The van der Waals surface area contributed by atoms with E-state index in [0.717, 1.165) is 51.8 Å². The minimum atomic E-state index is -0.154. The summed E-state index contributed by atoms with van der Waals surface area (Å²) in [6.45, 7) is 0. The van der Waals surface area contributed by atoms with Crippen molar-refractivity contribution in [1.29, 1.82) is 0 Å². The molecule has 0 fully saturated rings. The van der Waals surface area contributed by atoms with Crippen molar-refractivity contribution in [2.45, 2.75) is 0 Å². The van der Waals surface area contributed by atoms with E-state index in [4.69, 9.17) is 0 Å². The molecule has 1 aromatic carbocycles. The number of carbonyl (C=O) groups is 3. The topological polar surface area (TPSA) is 51.2 Å². The van der Waals surface area contributed by atoms with E-state index in [9.17, 15) is 14.4 Å². The summed E-state index contributed by atoms with van der Waals surface area (Å²) in [7, 11) is 0. The van der Waals surface area contributed by atoms with Gasteiger partial charge in [-0.1, -0.05) is 35.3 Å². The molecule has 0 N–H and O–H groups in total. The number of benzene rings is 1. The molecule has 0 saturated heterocycles. The zero-order valence-electron chi connectivity index (χ0n) is 18.2. The van der Waals surface area contributed by atoms with Crippen molar-refractivity contribution in [3.8, 4) is 0 Å². The van der Waals surface area contributed by atoms with Crippen molar-refractivity contribution in [2.24, 2.45) is 0 Å². The van der Waals surface area contributed by atoms with Crippen molar-refractivity contribution in [3.05, 3.63) is 34.9 Å². The fourth-order valence-corrected chi connectivity index (χ4v) is 8.42. The predicted octanol–water partition coefficient (Wildman–Crippen LogP) is 6.30. The van der Waals surface area contributed by atoms with Crippen molar-refractivity contribution in [1.82, 2.24) is 0 Å². The Morgan fingerprint density at radius 1 is 0.545 bits per heavy atom. The second kappa shape index (κ2) is 21.5. The molecule has 12 heteroatoms. The van der Waals surface area contributed by atoms with Gasteiger partial charge in [-0.2, -0.15) is 73.2 Å². The third-order valence-electron chi connectivity index (χ3n) is 3.78. The van der Waals surface area contributed by atoms with Crippen LogP contribution >= 0.6 is 108 Å². The smallest absolute Gasteiger partial charge is 0.220 e. The van der Waals surface area contributed by atoms with E-state index in [1.165, 1.54) is 35.3 Å². The normalized spacial score (nSPS) is 11.0. The molecule has 0 heterocycles. The van der Waals surface area contributed by atoms with Crippen LogP contribution in [0.25, 0.3) is 0 Å². The third-order valence-corrected chi connectivity index (χ3v) is 11.8. The van der Waals surface area contributed by atoms with Crippen LogP contribution in [0.3, 0.4) is 0 Å².